The average Bonchev–Trinajstić information content (AvgIpc) is 1.31. The van der Waals surface area contributed by atoms with Crippen molar-refractivity contribution in [3.63, 3.8) is 0 Å². The Balaban J connectivity index is 3.54. The molecule has 0 bridgehead atoms. The molecular formula is C3H5BrF2O. The first-order chi connectivity index (χ1) is 2.94. The zero-order valence-corrected chi connectivity index (χ0v) is 5.24. The maximum atomic E-state index is 11.5. The van der Waals surface area contributed by atoms with Crippen molar-refractivity contribution in [2.24, 2.45) is 0 Å². The van der Waals surface area contributed by atoms with Crippen LogP contribution in [0.3, 0.4) is 0 Å². The summed E-state index contributed by atoms with van der Waals surface area (Å²) in [6, 6.07) is 0. The summed E-state index contributed by atoms with van der Waals surface area (Å²) < 4.78 is 23.0. The highest BCUT2D eigenvalue weighted by atomic mass is 79.9. The first-order valence-electron chi connectivity index (χ1n) is 1.69. The zero-order chi connectivity index (χ0) is 6.08. The summed E-state index contributed by atoms with van der Waals surface area (Å²) in [5.74, 6) is 0. The second-order valence-corrected chi connectivity index (χ2v) is 2.27. The summed E-state index contributed by atoms with van der Waals surface area (Å²) in [7, 11) is 0. The number of aliphatic hydroxyl groups excluding tert-OH is 1. The molecule has 0 spiro atoms. The molecule has 0 heterocycles. The molecule has 1 atom stereocenters. The minimum absolute atomic E-state index is 1.01. The molecule has 0 saturated heterocycles. The van der Waals surface area contributed by atoms with Gasteiger partial charge in [-0.25, -0.2) is 0 Å². The Morgan fingerprint density at radius 2 is 1.86 bits per heavy atom. The van der Waals surface area contributed by atoms with Gasteiger partial charge in [0.05, 0.1) is 0 Å². The van der Waals surface area contributed by atoms with Crippen LogP contribution in [0.5, 0.6) is 0 Å². The van der Waals surface area contributed by atoms with Crippen LogP contribution >= 0.6 is 15.9 Å². The topological polar surface area (TPSA) is 20.2 Å². The molecule has 44 valence electrons. The van der Waals surface area contributed by atoms with E-state index >= 15 is 0 Å². The van der Waals surface area contributed by atoms with E-state index in [2.05, 4.69) is 0 Å². The van der Waals surface area contributed by atoms with Crippen molar-refractivity contribution in [1.82, 2.24) is 0 Å². The van der Waals surface area contributed by atoms with E-state index in [1.165, 1.54) is 0 Å². The molecule has 0 fully saturated rings. The van der Waals surface area contributed by atoms with E-state index in [0.29, 0.717) is 0 Å². The second-order valence-electron chi connectivity index (χ2n) is 1.22. The maximum absolute atomic E-state index is 11.5. The number of rotatable bonds is 1. The summed E-state index contributed by atoms with van der Waals surface area (Å²) in [4.78, 5) is -3.13. The SMILES string of the molecule is CC(O)C(F)(F)Br. The highest BCUT2D eigenvalue weighted by Crippen LogP contribution is 2.25. The summed E-state index contributed by atoms with van der Waals surface area (Å²) in [6.45, 7) is 1.01. The molecular weight excluding hydrogens is 170 g/mol. The van der Waals surface area contributed by atoms with Crippen LogP contribution in [0.15, 0.2) is 0 Å². The Morgan fingerprint density at radius 1 is 1.71 bits per heavy atom. The van der Waals surface area contributed by atoms with Gasteiger partial charge in [0.15, 0.2) is 0 Å². The van der Waals surface area contributed by atoms with Gasteiger partial charge in [0.25, 0.3) is 0 Å². The van der Waals surface area contributed by atoms with Crippen molar-refractivity contribution in [2.75, 3.05) is 0 Å². The van der Waals surface area contributed by atoms with Crippen LogP contribution < -0.4 is 0 Å². The molecule has 0 aliphatic rings. The molecule has 0 aromatic carbocycles. The normalized spacial score (nSPS) is 16.7. The van der Waals surface area contributed by atoms with Crippen LogP contribution in [0.25, 0.3) is 0 Å². The molecule has 0 saturated carbocycles. The van der Waals surface area contributed by atoms with Gasteiger partial charge in [-0.1, -0.05) is 0 Å². The second kappa shape index (κ2) is 2.05. The monoisotopic (exact) mass is 174 g/mol. The van der Waals surface area contributed by atoms with Crippen LogP contribution in [0.1, 0.15) is 6.92 Å². The van der Waals surface area contributed by atoms with Gasteiger partial charge in [-0.2, -0.15) is 8.78 Å². The van der Waals surface area contributed by atoms with Crippen molar-refractivity contribution < 1.29 is 13.9 Å². The molecule has 0 aliphatic heterocycles. The number of hydrogen-bond acceptors (Lipinski definition) is 1. The lowest BCUT2D eigenvalue weighted by atomic mass is 10.4. The summed E-state index contributed by atoms with van der Waals surface area (Å²) in [5, 5.41) is 8.09. The Kier molecular flexibility index (Phi) is 2.13. The van der Waals surface area contributed by atoms with E-state index in [4.69, 9.17) is 5.11 Å². The van der Waals surface area contributed by atoms with Crippen LogP contribution in [-0.4, -0.2) is 16.0 Å². The molecule has 0 aromatic rings. The van der Waals surface area contributed by atoms with E-state index in [0.717, 1.165) is 6.92 Å². The third-order valence-electron chi connectivity index (χ3n) is 0.474. The highest BCUT2D eigenvalue weighted by Gasteiger charge is 2.30. The number of alkyl halides is 3. The molecule has 4 heteroatoms. The summed E-state index contributed by atoms with van der Waals surface area (Å²) in [5.41, 5.74) is 0. The number of aliphatic hydroxyl groups is 1. The van der Waals surface area contributed by atoms with Gasteiger partial charge in [0.1, 0.15) is 6.10 Å². The quantitative estimate of drug-likeness (QED) is 0.596. The van der Waals surface area contributed by atoms with Gasteiger partial charge in [-0.05, 0) is 22.9 Å². The molecule has 0 aromatic heterocycles. The van der Waals surface area contributed by atoms with Crippen molar-refractivity contribution >= 4 is 15.9 Å². The fourth-order valence-corrected chi connectivity index (χ4v) is 0. The Labute approximate surface area is 48.5 Å². The van der Waals surface area contributed by atoms with E-state index in [1.807, 2.05) is 15.9 Å². The molecule has 1 N–H and O–H groups in total. The highest BCUT2D eigenvalue weighted by molar-refractivity contribution is 9.10. The Bertz CT molecular complexity index is 58.4. The fraction of sp³-hybridized carbons (Fsp3) is 1.00. The van der Waals surface area contributed by atoms with Gasteiger partial charge in [0, 0.05) is 0 Å². The van der Waals surface area contributed by atoms with Crippen LogP contribution in [0.2, 0.25) is 0 Å². The van der Waals surface area contributed by atoms with E-state index in [1.54, 1.807) is 0 Å². The third kappa shape index (κ3) is 2.93. The van der Waals surface area contributed by atoms with Crippen molar-refractivity contribution in [3.05, 3.63) is 0 Å². The molecule has 1 nitrogen and oxygen atoms in total. The van der Waals surface area contributed by atoms with Gasteiger partial charge >= 0.3 is 4.83 Å². The summed E-state index contributed by atoms with van der Waals surface area (Å²) >= 11 is 1.96. The van der Waals surface area contributed by atoms with Gasteiger partial charge in [0.2, 0.25) is 0 Å². The first-order valence-corrected chi connectivity index (χ1v) is 2.48. The first kappa shape index (κ1) is 7.30. The third-order valence-corrected chi connectivity index (χ3v) is 1.14. The summed E-state index contributed by atoms with van der Waals surface area (Å²) in [6.07, 6.45) is -1.62. The van der Waals surface area contributed by atoms with Gasteiger partial charge in [-0.15, -0.1) is 0 Å². The predicted octanol–water partition coefficient (Wildman–Crippen LogP) is 1.35. The van der Waals surface area contributed by atoms with Crippen molar-refractivity contribution in [3.8, 4) is 0 Å². The van der Waals surface area contributed by atoms with Gasteiger partial charge in [-0.3, -0.25) is 0 Å². The maximum Gasteiger partial charge on any atom is 0.326 e. The minimum Gasteiger partial charge on any atom is -0.386 e. The molecule has 0 aliphatic carbocycles. The van der Waals surface area contributed by atoms with Crippen LogP contribution in [0.4, 0.5) is 8.78 Å². The van der Waals surface area contributed by atoms with Crippen LogP contribution in [0, 0.1) is 0 Å². The van der Waals surface area contributed by atoms with Crippen molar-refractivity contribution in [1.29, 1.82) is 0 Å². The number of halogens is 3. The minimum atomic E-state index is -3.13. The van der Waals surface area contributed by atoms with Gasteiger partial charge < -0.3 is 5.11 Å². The Hall–Kier alpha value is 0.300. The fourth-order valence-electron chi connectivity index (χ4n) is 0. The Morgan fingerprint density at radius 3 is 1.86 bits per heavy atom. The zero-order valence-electron chi connectivity index (χ0n) is 3.66. The predicted molar refractivity (Wildman–Crippen MR) is 25.6 cm³/mol. The lowest BCUT2D eigenvalue weighted by Gasteiger charge is -2.09. The lowest BCUT2D eigenvalue weighted by Crippen LogP contribution is -2.22. The standard InChI is InChI=1S/C3H5BrF2O/c1-2(7)3(4,5)6/h2,7H,1H3. The largest absolute Gasteiger partial charge is 0.386 e. The molecule has 7 heavy (non-hydrogen) atoms. The molecule has 0 rings (SSSR count). The van der Waals surface area contributed by atoms with E-state index < -0.39 is 10.9 Å². The van der Waals surface area contributed by atoms with E-state index in [-0.39, 0.29) is 0 Å². The van der Waals surface area contributed by atoms with Crippen molar-refractivity contribution in [2.45, 2.75) is 17.9 Å². The molecule has 1 unspecified atom stereocenters. The molecule has 0 radical (unpaired) electrons. The lowest BCUT2D eigenvalue weighted by molar-refractivity contribution is -0.0167. The number of hydrogen-bond donors (Lipinski definition) is 1. The average molecular weight is 175 g/mol. The van der Waals surface area contributed by atoms with E-state index in [9.17, 15) is 8.78 Å². The molecule has 0 amide bonds. The van der Waals surface area contributed by atoms with Crippen LogP contribution in [-0.2, 0) is 0 Å². The smallest absolute Gasteiger partial charge is 0.326 e.